The molecule has 0 N–H and O–H groups in total. The summed E-state index contributed by atoms with van der Waals surface area (Å²) in [6.45, 7) is 1.97. The second kappa shape index (κ2) is 12.9. The van der Waals surface area contributed by atoms with Crippen molar-refractivity contribution in [3.63, 3.8) is 0 Å². The predicted molar refractivity (Wildman–Crippen MR) is 177 cm³/mol. The molecule has 7 heteroatoms. The lowest BCUT2D eigenvalue weighted by Crippen LogP contribution is -2.02. The number of hydrogen-bond acceptors (Lipinski definition) is 5. The average molecular weight is 580 g/mol. The van der Waals surface area contributed by atoms with E-state index in [2.05, 4.69) is 21.3 Å². The van der Waals surface area contributed by atoms with Crippen LogP contribution in [0.25, 0.3) is 39.3 Å². The fourth-order valence-corrected chi connectivity index (χ4v) is 5.34. The van der Waals surface area contributed by atoms with Crippen molar-refractivity contribution >= 4 is 27.9 Å². The fourth-order valence-electron chi connectivity index (χ4n) is 5.34. The Morgan fingerprint density at radius 2 is 1.14 bits per heavy atom. The van der Waals surface area contributed by atoms with Crippen molar-refractivity contribution < 1.29 is 9.47 Å². The quantitative estimate of drug-likeness (QED) is 0.201. The second-order valence-electron chi connectivity index (χ2n) is 10.3. The molecule has 6 aromatic rings. The van der Waals surface area contributed by atoms with Gasteiger partial charge in [-0.05, 0) is 61.5 Å². The number of hydrogen-bond donors (Lipinski definition) is 0. The van der Waals surface area contributed by atoms with Gasteiger partial charge in [-0.3, -0.25) is 0 Å². The van der Waals surface area contributed by atoms with E-state index in [0.29, 0.717) is 11.1 Å². The molecule has 0 atom stereocenters. The monoisotopic (exact) mass is 579 g/mol. The molecule has 0 unspecified atom stereocenters. The summed E-state index contributed by atoms with van der Waals surface area (Å²) in [6, 6.07) is 36.3. The lowest BCUT2D eigenvalue weighted by atomic mass is 10.1. The van der Waals surface area contributed by atoms with Crippen molar-refractivity contribution in [3.05, 3.63) is 126 Å². The molecule has 0 bridgehead atoms. The summed E-state index contributed by atoms with van der Waals surface area (Å²) < 4.78 is 14.9. The van der Waals surface area contributed by atoms with Crippen molar-refractivity contribution in [2.75, 3.05) is 28.3 Å². The number of benzene rings is 4. The highest BCUT2D eigenvalue weighted by Gasteiger charge is 2.18. The molecule has 2 aromatic heterocycles. The van der Waals surface area contributed by atoms with Gasteiger partial charge in [0.05, 0.1) is 42.1 Å². The normalized spacial score (nSPS) is 10.7. The van der Waals surface area contributed by atoms with E-state index in [1.54, 1.807) is 14.2 Å². The number of fused-ring (bicyclic) bond motifs is 2. The van der Waals surface area contributed by atoms with Crippen LogP contribution in [0.4, 0.5) is 0 Å². The smallest absolute Gasteiger partial charge is 0.120 e. The van der Waals surface area contributed by atoms with Crippen LogP contribution in [0, 0.1) is 29.6 Å². The molecule has 0 fully saturated rings. The molecule has 0 aliphatic heterocycles. The average Bonchev–Trinajstić information content (AvgIpc) is 3.53. The van der Waals surface area contributed by atoms with Crippen LogP contribution in [0.1, 0.15) is 22.5 Å². The predicted octanol–water partition coefficient (Wildman–Crippen LogP) is 7.86. The van der Waals surface area contributed by atoms with E-state index in [-0.39, 0.29) is 0 Å². The highest BCUT2D eigenvalue weighted by Crippen LogP contribution is 2.33. The summed E-state index contributed by atoms with van der Waals surface area (Å²) in [4.78, 5) is 1.95. The number of rotatable bonds is 6. The highest BCUT2D eigenvalue weighted by atomic mass is 16.5. The Morgan fingerprint density at radius 1 is 0.659 bits per heavy atom. The van der Waals surface area contributed by atoms with Gasteiger partial charge in [-0.15, -0.1) is 0 Å². The van der Waals surface area contributed by atoms with Crippen molar-refractivity contribution in [3.8, 4) is 35.0 Å². The molecular formula is C37H33N5O2. The summed E-state index contributed by atoms with van der Waals surface area (Å²) in [7, 11) is 7.21. The van der Waals surface area contributed by atoms with Crippen LogP contribution in [0.15, 0.2) is 103 Å². The summed E-state index contributed by atoms with van der Waals surface area (Å²) >= 11 is 0. The van der Waals surface area contributed by atoms with Gasteiger partial charge in [0.1, 0.15) is 23.6 Å². The van der Waals surface area contributed by atoms with Gasteiger partial charge in [0.15, 0.2) is 0 Å². The summed E-state index contributed by atoms with van der Waals surface area (Å²) in [5.41, 5.74) is 7.18. The molecule has 7 nitrogen and oxygen atoms in total. The van der Waals surface area contributed by atoms with Crippen LogP contribution in [0.3, 0.4) is 0 Å². The Morgan fingerprint density at radius 3 is 1.61 bits per heavy atom. The maximum absolute atomic E-state index is 9.73. The largest absolute Gasteiger partial charge is 0.497 e. The van der Waals surface area contributed by atoms with Crippen LogP contribution >= 0.6 is 0 Å². The molecule has 0 radical (unpaired) electrons. The molecule has 2 heterocycles. The van der Waals surface area contributed by atoms with E-state index in [1.807, 2.05) is 135 Å². The zero-order valence-corrected chi connectivity index (χ0v) is 25.4. The zero-order chi connectivity index (χ0) is 31.2. The van der Waals surface area contributed by atoms with Crippen LogP contribution in [-0.4, -0.2) is 42.3 Å². The van der Waals surface area contributed by atoms with Gasteiger partial charge in [-0.2, -0.15) is 10.5 Å². The number of ether oxygens (including phenoxy) is 2. The van der Waals surface area contributed by atoms with Gasteiger partial charge < -0.3 is 23.5 Å². The Hall–Kier alpha value is -5.92. The molecule has 218 valence electrons. The van der Waals surface area contributed by atoms with Gasteiger partial charge in [0.25, 0.3) is 0 Å². The Kier molecular flexibility index (Phi) is 8.69. The Labute approximate surface area is 257 Å². The molecule has 6 rings (SSSR count). The van der Waals surface area contributed by atoms with Crippen LogP contribution < -0.4 is 9.47 Å². The van der Waals surface area contributed by atoms with E-state index < -0.39 is 0 Å². The van der Waals surface area contributed by atoms with Gasteiger partial charge in [-0.25, -0.2) is 0 Å². The van der Waals surface area contributed by atoms with Crippen molar-refractivity contribution in [1.29, 1.82) is 10.5 Å². The van der Waals surface area contributed by atoms with E-state index >= 15 is 0 Å². The third-order valence-corrected chi connectivity index (χ3v) is 7.41. The summed E-state index contributed by atoms with van der Waals surface area (Å²) in [5, 5.41) is 21.0. The van der Waals surface area contributed by atoms with Crippen molar-refractivity contribution in [2.24, 2.45) is 0 Å². The van der Waals surface area contributed by atoms with Crippen LogP contribution in [0.5, 0.6) is 11.5 Å². The standard InChI is InChI=1S/C20H19N3O.C17H14N2O/c1-22(2)12-11-19-18(14-21)17-10-9-16(24-3)13-20(17)23(19)15-7-5-4-6-8-15;1-12-16(11-18)15-9-8-14(20-2)10-17(15)19(12)13-6-4-3-5-7-13/h4-13H,1-3H3;3-10H,1-2H3. The van der Waals surface area contributed by atoms with Gasteiger partial charge in [0.2, 0.25) is 0 Å². The molecule has 44 heavy (non-hydrogen) atoms. The van der Waals surface area contributed by atoms with Crippen molar-refractivity contribution in [2.45, 2.75) is 6.92 Å². The minimum absolute atomic E-state index is 0.662. The number of para-hydroxylation sites is 2. The molecule has 0 amide bonds. The van der Waals surface area contributed by atoms with Crippen molar-refractivity contribution in [1.82, 2.24) is 14.0 Å². The van der Waals surface area contributed by atoms with E-state index in [9.17, 15) is 10.5 Å². The van der Waals surface area contributed by atoms with Gasteiger partial charge >= 0.3 is 0 Å². The van der Waals surface area contributed by atoms with Crippen LogP contribution in [0.2, 0.25) is 0 Å². The first-order valence-corrected chi connectivity index (χ1v) is 14.1. The maximum Gasteiger partial charge on any atom is 0.120 e. The molecule has 4 aromatic carbocycles. The summed E-state index contributed by atoms with van der Waals surface area (Å²) in [5.74, 6) is 1.56. The fraction of sp³-hybridized carbons (Fsp3) is 0.135. The van der Waals surface area contributed by atoms with Crippen LogP contribution in [-0.2, 0) is 0 Å². The minimum atomic E-state index is 0.662. The molecule has 0 aliphatic rings. The van der Waals surface area contributed by atoms with E-state index in [4.69, 9.17) is 9.47 Å². The molecule has 0 saturated carbocycles. The molecule has 0 aliphatic carbocycles. The minimum Gasteiger partial charge on any atom is -0.497 e. The first-order chi connectivity index (χ1) is 21.4. The van der Waals surface area contributed by atoms with Gasteiger partial charge in [-0.1, -0.05) is 36.4 Å². The Balaban J connectivity index is 0.000000177. The highest BCUT2D eigenvalue weighted by molar-refractivity contribution is 5.93. The SMILES string of the molecule is COc1ccc2c(C#N)c(C)n(-c3ccccc3)c2c1.COc1ccc2c(C#N)c(C=CN(C)C)n(-c3ccccc3)c2c1. The molecular weight excluding hydrogens is 546 g/mol. The lowest BCUT2D eigenvalue weighted by Gasteiger charge is -2.10. The lowest BCUT2D eigenvalue weighted by molar-refractivity contribution is 0.415. The molecule has 0 spiro atoms. The number of aromatic nitrogens is 2. The second-order valence-corrected chi connectivity index (χ2v) is 10.3. The van der Waals surface area contributed by atoms with E-state index in [0.717, 1.165) is 56.1 Å². The summed E-state index contributed by atoms with van der Waals surface area (Å²) in [6.07, 6.45) is 3.92. The first-order valence-electron chi connectivity index (χ1n) is 14.1. The molecule has 0 saturated heterocycles. The van der Waals surface area contributed by atoms with E-state index in [1.165, 1.54) is 0 Å². The first kappa shape index (κ1) is 29.6. The van der Waals surface area contributed by atoms with Gasteiger partial charge in [0, 0.05) is 60.3 Å². The number of nitrogens with zero attached hydrogens (tertiary/aromatic N) is 5. The Bertz CT molecular complexity index is 2040. The number of nitriles is 2. The topological polar surface area (TPSA) is 79.1 Å². The number of methoxy groups -OCH3 is 2. The third-order valence-electron chi connectivity index (χ3n) is 7.41. The maximum atomic E-state index is 9.73. The zero-order valence-electron chi connectivity index (χ0n) is 25.4. The third kappa shape index (κ3) is 5.60.